The van der Waals surface area contributed by atoms with Crippen molar-refractivity contribution < 1.29 is 15.0 Å². The zero-order valence-electron chi connectivity index (χ0n) is 9.47. The molecule has 1 atom stereocenters. The molecule has 0 aliphatic carbocycles. The van der Waals surface area contributed by atoms with Gasteiger partial charge in [-0.15, -0.1) is 6.42 Å². The highest BCUT2D eigenvalue weighted by Gasteiger charge is 2.32. The van der Waals surface area contributed by atoms with Crippen LogP contribution in [0.15, 0.2) is 24.4 Å². The molecule has 0 saturated carbocycles. The number of hydrogen-bond acceptors (Lipinski definition) is 3. The maximum Gasteiger partial charge on any atom is 0.336 e. The second-order valence-corrected chi connectivity index (χ2v) is 4.14. The number of fused-ring (bicyclic) bond motifs is 1. The Morgan fingerprint density at radius 1 is 1.56 bits per heavy atom. The lowest BCUT2D eigenvalue weighted by Crippen LogP contribution is -2.48. The first-order valence-electron chi connectivity index (χ1n) is 5.25. The van der Waals surface area contributed by atoms with Gasteiger partial charge < -0.3 is 20.9 Å². The van der Waals surface area contributed by atoms with Crippen LogP contribution < -0.4 is 5.73 Å². The predicted molar refractivity (Wildman–Crippen MR) is 67.1 cm³/mol. The van der Waals surface area contributed by atoms with Crippen molar-refractivity contribution in [2.75, 3.05) is 0 Å². The molecule has 0 radical (unpaired) electrons. The third-order valence-electron chi connectivity index (χ3n) is 2.86. The third-order valence-corrected chi connectivity index (χ3v) is 2.86. The molecule has 0 amide bonds. The van der Waals surface area contributed by atoms with Gasteiger partial charge in [0, 0.05) is 23.5 Å². The highest BCUT2D eigenvalue weighted by Crippen LogP contribution is 2.25. The number of rotatable bonds is 3. The van der Waals surface area contributed by atoms with Crippen LogP contribution in [-0.2, 0) is 11.2 Å². The van der Waals surface area contributed by atoms with Gasteiger partial charge in [0.15, 0.2) is 5.54 Å². The number of aliphatic carboxylic acids is 1. The highest BCUT2D eigenvalue weighted by atomic mass is 16.4. The second kappa shape index (κ2) is 4.09. The number of benzene rings is 1. The number of carboxylic acids is 1. The van der Waals surface area contributed by atoms with E-state index in [2.05, 4.69) is 10.9 Å². The topological polar surface area (TPSA) is 99.3 Å². The van der Waals surface area contributed by atoms with Crippen molar-refractivity contribution in [3.8, 4) is 18.1 Å². The lowest BCUT2D eigenvalue weighted by atomic mass is 9.92. The van der Waals surface area contributed by atoms with E-state index in [9.17, 15) is 9.90 Å². The minimum Gasteiger partial charge on any atom is -0.508 e. The van der Waals surface area contributed by atoms with Gasteiger partial charge in [0.1, 0.15) is 5.75 Å². The van der Waals surface area contributed by atoms with E-state index in [-0.39, 0.29) is 12.2 Å². The summed E-state index contributed by atoms with van der Waals surface area (Å²) < 4.78 is 0. The van der Waals surface area contributed by atoms with Crippen LogP contribution in [0.2, 0.25) is 0 Å². The molecule has 1 aromatic heterocycles. The van der Waals surface area contributed by atoms with Crippen LogP contribution >= 0.6 is 0 Å². The Morgan fingerprint density at radius 2 is 2.28 bits per heavy atom. The molecule has 2 aromatic rings. The maximum atomic E-state index is 11.1. The number of nitrogens with two attached hydrogens (primary N) is 1. The van der Waals surface area contributed by atoms with Crippen LogP contribution in [0.3, 0.4) is 0 Å². The van der Waals surface area contributed by atoms with Crippen LogP contribution in [0, 0.1) is 12.3 Å². The van der Waals surface area contributed by atoms with Crippen LogP contribution in [0.25, 0.3) is 10.9 Å². The largest absolute Gasteiger partial charge is 0.508 e. The van der Waals surface area contributed by atoms with Gasteiger partial charge in [-0.1, -0.05) is 5.92 Å². The normalized spacial score (nSPS) is 14.0. The van der Waals surface area contributed by atoms with Gasteiger partial charge in [0.2, 0.25) is 0 Å². The third kappa shape index (κ3) is 1.90. The smallest absolute Gasteiger partial charge is 0.336 e. The highest BCUT2D eigenvalue weighted by molar-refractivity contribution is 5.88. The molecule has 5 nitrogen and oxygen atoms in total. The van der Waals surface area contributed by atoms with Crippen molar-refractivity contribution in [2.24, 2.45) is 5.73 Å². The number of phenols is 1. The average Bonchev–Trinajstić information content (AvgIpc) is 2.71. The number of aromatic hydroxyl groups is 1. The Labute approximate surface area is 103 Å². The second-order valence-electron chi connectivity index (χ2n) is 4.14. The SMILES string of the molecule is C#C[C@](N)(Cc1c[nH]c2ccc(O)cc12)C(=O)O. The van der Waals surface area contributed by atoms with E-state index < -0.39 is 11.5 Å². The molecule has 0 saturated heterocycles. The summed E-state index contributed by atoms with van der Waals surface area (Å²) in [6, 6.07) is 4.78. The lowest BCUT2D eigenvalue weighted by Gasteiger charge is -2.17. The van der Waals surface area contributed by atoms with Gasteiger partial charge in [-0.25, -0.2) is 4.79 Å². The number of aromatic nitrogens is 1. The number of terminal acetylenes is 1. The summed E-state index contributed by atoms with van der Waals surface area (Å²) in [5.74, 6) is 0.946. The van der Waals surface area contributed by atoms with E-state index in [1.54, 1.807) is 18.3 Å². The molecule has 1 aromatic carbocycles. The molecule has 5 heteroatoms. The molecule has 5 N–H and O–H groups in total. The van der Waals surface area contributed by atoms with Crippen molar-refractivity contribution >= 4 is 16.9 Å². The monoisotopic (exact) mass is 244 g/mol. The number of carbonyl (C=O) groups is 1. The fraction of sp³-hybridized carbons (Fsp3) is 0.154. The number of H-pyrrole nitrogens is 1. The van der Waals surface area contributed by atoms with Crippen molar-refractivity contribution in [1.29, 1.82) is 0 Å². The number of hydrogen-bond donors (Lipinski definition) is 4. The van der Waals surface area contributed by atoms with Crippen LogP contribution in [-0.4, -0.2) is 26.7 Å². The molecule has 0 aliphatic heterocycles. The Kier molecular flexibility index (Phi) is 2.73. The minimum absolute atomic E-state index is 0.0116. The van der Waals surface area contributed by atoms with Crippen molar-refractivity contribution in [3.63, 3.8) is 0 Å². The van der Waals surface area contributed by atoms with Gasteiger partial charge in [-0.05, 0) is 23.8 Å². The summed E-state index contributed by atoms with van der Waals surface area (Å²) in [6.07, 6.45) is 6.82. The first-order valence-corrected chi connectivity index (χ1v) is 5.25. The van der Waals surface area contributed by atoms with Gasteiger partial charge in [-0.2, -0.15) is 0 Å². The summed E-state index contributed by atoms with van der Waals surface area (Å²) >= 11 is 0. The molecule has 1 heterocycles. The van der Waals surface area contributed by atoms with E-state index in [1.165, 1.54) is 6.07 Å². The fourth-order valence-corrected chi connectivity index (χ4v) is 1.80. The van der Waals surface area contributed by atoms with E-state index >= 15 is 0 Å². The minimum atomic E-state index is -1.75. The number of carboxylic acid groups (broad SMARTS) is 1. The molecule has 0 bridgehead atoms. The van der Waals surface area contributed by atoms with Gasteiger partial charge in [-0.3, -0.25) is 0 Å². The van der Waals surface area contributed by atoms with Crippen LogP contribution in [0.1, 0.15) is 5.56 Å². The molecular formula is C13H12N2O3. The molecular weight excluding hydrogens is 232 g/mol. The summed E-state index contributed by atoms with van der Waals surface area (Å²) in [4.78, 5) is 14.0. The molecule has 2 rings (SSSR count). The molecule has 0 fully saturated rings. The fourth-order valence-electron chi connectivity index (χ4n) is 1.80. The van der Waals surface area contributed by atoms with Gasteiger partial charge >= 0.3 is 5.97 Å². The van der Waals surface area contributed by atoms with E-state index in [0.717, 1.165) is 5.52 Å². The Morgan fingerprint density at radius 3 is 2.89 bits per heavy atom. The molecule has 0 unspecified atom stereocenters. The summed E-state index contributed by atoms with van der Waals surface area (Å²) in [6.45, 7) is 0. The van der Waals surface area contributed by atoms with Gasteiger partial charge in [0.25, 0.3) is 0 Å². The lowest BCUT2D eigenvalue weighted by molar-refractivity contribution is -0.141. The summed E-state index contributed by atoms with van der Waals surface area (Å²) in [5.41, 5.74) is 5.34. The van der Waals surface area contributed by atoms with E-state index in [0.29, 0.717) is 10.9 Å². The first-order chi connectivity index (χ1) is 8.46. The van der Waals surface area contributed by atoms with E-state index in [1.807, 2.05) is 0 Å². The number of nitrogens with one attached hydrogen (secondary N) is 1. The zero-order valence-corrected chi connectivity index (χ0v) is 9.47. The molecule has 0 aliphatic rings. The quantitative estimate of drug-likeness (QED) is 0.601. The Hall–Kier alpha value is -2.45. The Bertz CT molecular complexity index is 654. The van der Waals surface area contributed by atoms with E-state index in [4.69, 9.17) is 17.3 Å². The maximum absolute atomic E-state index is 11.1. The Balaban J connectivity index is 2.47. The van der Waals surface area contributed by atoms with Crippen LogP contribution in [0.5, 0.6) is 5.75 Å². The summed E-state index contributed by atoms with van der Waals surface area (Å²) in [5, 5.41) is 19.2. The first kappa shape index (κ1) is 12.0. The van der Waals surface area contributed by atoms with Crippen molar-refractivity contribution in [3.05, 3.63) is 30.0 Å². The molecule has 92 valence electrons. The summed E-state index contributed by atoms with van der Waals surface area (Å²) in [7, 11) is 0. The van der Waals surface area contributed by atoms with Crippen molar-refractivity contribution in [1.82, 2.24) is 4.98 Å². The molecule has 18 heavy (non-hydrogen) atoms. The average molecular weight is 244 g/mol. The molecule has 0 spiro atoms. The zero-order chi connectivity index (χ0) is 13.3. The van der Waals surface area contributed by atoms with Gasteiger partial charge in [0.05, 0.1) is 0 Å². The number of aromatic amines is 1. The van der Waals surface area contributed by atoms with Crippen molar-refractivity contribution in [2.45, 2.75) is 12.0 Å². The van der Waals surface area contributed by atoms with Crippen LogP contribution in [0.4, 0.5) is 0 Å². The predicted octanol–water partition coefficient (Wildman–Crippen LogP) is 0.831. The number of phenolic OH excluding ortho intramolecular Hbond substituents is 1. The standard InChI is InChI=1S/C13H12N2O3/c1-2-13(14,12(17)18)6-8-7-15-11-4-3-9(16)5-10(8)11/h1,3-5,7,15-16H,6,14H2,(H,17,18)/t13-/m0/s1.